The lowest BCUT2D eigenvalue weighted by Crippen LogP contribution is -2.55. The number of aryl methyl sites for hydroxylation is 1. The Morgan fingerprint density at radius 2 is 1.81 bits per heavy atom. The molecule has 2 aliphatic heterocycles. The Labute approximate surface area is 239 Å². The molecule has 3 unspecified atom stereocenters. The third-order valence-corrected chi connectivity index (χ3v) is 9.29. The lowest BCUT2D eigenvalue weighted by Gasteiger charge is -2.36. The van der Waals surface area contributed by atoms with Gasteiger partial charge in [0.1, 0.15) is 16.6 Å². The topological polar surface area (TPSA) is 105 Å². The number of esters is 1. The molecule has 0 bridgehead atoms. The molecule has 3 atom stereocenters. The number of methoxy groups -OCH3 is 1. The molecule has 1 aliphatic carbocycles. The molecule has 42 heavy (non-hydrogen) atoms. The van der Waals surface area contributed by atoms with Crippen LogP contribution in [0.3, 0.4) is 0 Å². The molecule has 3 heterocycles. The quantitative estimate of drug-likeness (QED) is 0.458. The number of likely N-dealkylation sites (tertiary alicyclic amines) is 2. The van der Waals surface area contributed by atoms with E-state index < -0.39 is 66.9 Å². The zero-order valence-corrected chi connectivity index (χ0v) is 23.3. The van der Waals surface area contributed by atoms with Gasteiger partial charge in [-0.1, -0.05) is 24.3 Å². The maximum atomic E-state index is 15.3. The van der Waals surface area contributed by atoms with Crippen LogP contribution in [0.15, 0.2) is 42.6 Å². The number of hydrogen-bond acceptors (Lipinski definition) is 6. The number of alkyl halides is 3. The van der Waals surface area contributed by atoms with Gasteiger partial charge in [0.05, 0.1) is 31.0 Å². The van der Waals surface area contributed by atoms with Crippen molar-refractivity contribution in [3.63, 3.8) is 0 Å². The third-order valence-electron chi connectivity index (χ3n) is 9.29. The molecule has 12 heteroatoms. The number of rotatable bonds is 5. The number of benzene rings is 2. The van der Waals surface area contributed by atoms with Crippen LogP contribution in [0.5, 0.6) is 5.75 Å². The molecule has 0 saturated carbocycles. The van der Waals surface area contributed by atoms with E-state index in [2.05, 4.69) is 10.2 Å². The van der Waals surface area contributed by atoms with Gasteiger partial charge >= 0.3 is 12.1 Å². The summed E-state index contributed by atoms with van der Waals surface area (Å²) in [5, 5.41) is 7.31. The SMILES string of the molecule is CCOC(=O)C12CN(C(=O)c3cccc4cn[nH]c34)CC1(C(F)(F)F)CN(C(=O)C1CCc3cccc(OC)c3C1)C2. The van der Waals surface area contributed by atoms with Crippen LogP contribution in [0.2, 0.25) is 0 Å². The summed E-state index contributed by atoms with van der Waals surface area (Å²) in [5.41, 5.74) is -2.38. The van der Waals surface area contributed by atoms with Gasteiger partial charge in [-0.05, 0) is 49.4 Å². The average molecular weight is 585 g/mol. The molecule has 2 fully saturated rings. The first-order chi connectivity index (χ1) is 20.0. The Morgan fingerprint density at radius 3 is 2.55 bits per heavy atom. The lowest BCUT2D eigenvalue weighted by molar-refractivity contribution is -0.241. The second kappa shape index (κ2) is 10.0. The number of H-pyrrole nitrogens is 1. The zero-order valence-electron chi connectivity index (χ0n) is 23.3. The van der Waals surface area contributed by atoms with Gasteiger partial charge in [0.15, 0.2) is 0 Å². The predicted molar refractivity (Wildman–Crippen MR) is 145 cm³/mol. The van der Waals surface area contributed by atoms with Crippen molar-refractivity contribution in [1.82, 2.24) is 20.0 Å². The summed E-state index contributed by atoms with van der Waals surface area (Å²) in [7, 11) is 1.54. The third kappa shape index (κ3) is 4.05. The zero-order chi connectivity index (χ0) is 29.9. The summed E-state index contributed by atoms with van der Waals surface area (Å²) in [6, 6.07) is 10.5. The van der Waals surface area contributed by atoms with Gasteiger partial charge in [-0.3, -0.25) is 19.5 Å². The maximum Gasteiger partial charge on any atom is 0.399 e. The standard InChI is InChI=1S/C30H31F3N4O5/c1-3-42-27(40)28-14-36(25(38)19-11-10-18-6-5-9-23(41-2)22(18)12-19)16-29(28,30(31,32)33)17-37(15-28)26(39)21-8-4-7-20-13-34-35-24(20)21/h4-9,13,19H,3,10-12,14-17H2,1-2H3,(H,34,35). The number of nitrogens with one attached hydrogen (secondary N) is 1. The number of aromatic amines is 1. The van der Waals surface area contributed by atoms with Crippen molar-refractivity contribution in [3.8, 4) is 5.75 Å². The van der Waals surface area contributed by atoms with Crippen molar-refractivity contribution < 1.29 is 37.0 Å². The normalized spacial score (nSPS) is 25.3. The monoisotopic (exact) mass is 584 g/mol. The predicted octanol–water partition coefficient (Wildman–Crippen LogP) is 3.77. The highest BCUT2D eigenvalue weighted by Gasteiger charge is 2.79. The van der Waals surface area contributed by atoms with Gasteiger partial charge in [0.2, 0.25) is 5.91 Å². The first-order valence-electron chi connectivity index (χ1n) is 13.9. The molecule has 9 nitrogen and oxygen atoms in total. The van der Waals surface area contributed by atoms with Crippen molar-refractivity contribution >= 4 is 28.7 Å². The van der Waals surface area contributed by atoms with Crippen molar-refractivity contribution in [2.75, 3.05) is 39.9 Å². The molecule has 0 radical (unpaired) electrons. The van der Waals surface area contributed by atoms with E-state index in [1.54, 1.807) is 25.3 Å². The van der Waals surface area contributed by atoms with E-state index in [9.17, 15) is 14.4 Å². The Morgan fingerprint density at radius 1 is 1.07 bits per heavy atom. The number of carbonyl (C=O) groups excluding carboxylic acids is 3. The number of ether oxygens (including phenoxy) is 2. The number of carbonyl (C=O) groups is 3. The minimum atomic E-state index is -4.91. The molecule has 222 valence electrons. The molecule has 3 aliphatic rings. The van der Waals surface area contributed by atoms with Crippen LogP contribution in [-0.2, 0) is 27.2 Å². The summed E-state index contributed by atoms with van der Waals surface area (Å²) in [6.45, 7) is -1.14. The Hall–Kier alpha value is -4.09. The van der Waals surface area contributed by atoms with E-state index in [0.29, 0.717) is 35.9 Å². The number of nitrogens with zero attached hydrogens (tertiary/aromatic N) is 3. The largest absolute Gasteiger partial charge is 0.496 e. The van der Waals surface area contributed by atoms with Crippen molar-refractivity contribution in [3.05, 3.63) is 59.3 Å². The molecule has 1 N–H and O–H groups in total. The minimum Gasteiger partial charge on any atom is -0.496 e. The van der Waals surface area contributed by atoms with Crippen LogP contribution in [0, 0.1) is 16.7 Å². The number of halogens is 3. The maximum absolute atomic E-state index is 15.3. The molecular formula is C30H31F3N4O5. The van der Waals surface area contributed by atoms with Crippen LogP contribution in [0.4, 0.5) is 13.2 Å². The fraction of sp³-hybridized carbons (Fsp3) is 0.467. The molecule has 6 rings (SSSR count). The Kier molecular flexibility index (Phi) is 6.69. The Balaban J connectivity index is 1.35. The van der Waals surface area contributed by atoms with Crippen LogP contribution in [0.1, 0.15) is 34.8 Å². The molecule has 2 aromatic carbocycles. The van der Waals surface area contributed by atoms with E-state index in [-0.39, 0.29) is 12.2 Å². The van der Waals surface area contributed by atoms with Crippen molar-refractivity contribution in [2.45, 2.75) is 32.4 Å². The van der Waals surface area contributed by atoms with Crippen LogP contribution in [0.25, 0.3) is 10.9 Å². The molecule has 1 aromatic heterocycles. The van der Waals surface area contributed by atoms with Gasteiger partial charge in [-0.25, -0.2) is 0 Å². The molecule has 2 saturated heterocycles. The van der Waals surface area contributed by atoms with Gasteiger partial charge in [-0.2, -0.15) is 18.3 Å². The molecule has 0 spiro atoms. The van der Waals surface area contributed by atoms with Gasteiger partial charge < -0.3 is 19.3 Å². The summed E-state index contributed by atoms with van der Waals surface area (Å²) in [4.78, 5) is 43.3. The number of hydrogen-bond donors (Lipinski definition) is 1. The molecule has 2 amide bonds. The number of fused-ring (bicyclic) bond motifs is 3. The van der Waals surface area contributed by atoms with Crippen LogP contribution < -0.4 is 4.74 Å². The second-order valence-corrected chi connectivity index (χ2v) is 11.4. The van der Waals surface area contributed by atoms with Gasteiger partial charge in [0, 0.05) is 37.5 Å². The minimum absolute atomic E-state index is 0.136. The summed E-state index contributed by atoms with van der Waals surface area (Å²) in [5.74, 6) is -2.07. The van der Waals surface area contributed by atoms with Crippen molar-refractivity contribution in [1.29, 1.82) is 0 Å². The highest BCUT2D eigenvalue weighted by molar-refractivity contribution is 6.06. The van der Waals surface area contributed by atoms with Gasteiger partial charge in [-0.15, -0.1) is 0 Å². The van der Waals surface area contributed by atoms with Crippen LogP contribution >= 0.6 is 0 Å². The fourth-order valence-electron chi connectivity index (χ4n) is 7.20. The highest BCUT2D eigenvalue weighted by Crippen LogP contribution is 2.61. The number of amides is 2. The molecule has 3 aromatic rings. The van der Waals surface area contributed by atoms with E-state index >= 15 is 13.2 Å². The second-order valence-electron chi connectivity index (χ2n) is 11.4. The summed E-state index contributed by atoms with van der Waals surface area (Å²) >= 11 is 0. The Bertz CT molecular complexity index is 1560. The van der Waals surface area contributed by atoms with E-state index in [1.807, 2.05) is 12.1 Å². The van der Waals surface area contributed by atoms with Gasteiger partial charge in [0.25, 0.3) is 5.91 Å². The van der Waals surface area contributed by atoms with E-state index in [0.717, 1.165) is 16.0 Å². The first-order valence-corrected chi connectivity index (χ1v) is 13.9. The average Bonchev–Trinajstić information content (AvgIpc) is 3.67. The smallest absolute Gasteiger partial charge is 0.399 e. The van der Waals surface area contributed by atoms with Crippen LogP contribution in [-0.4, -0.2) is 83.9 Å². The lowest BCUT2D eigenvalue weighted by atomic mass is 9.67. The first kappa shape index (κ1) is 28.0. The summed E-state index contributed by atoms with van der Waals surface area (Å²) in [6.07, 6.45) is -2.00. The number of aromatic nitrogens is 2. The fourth-order valence-corrected chi connectivity index (χ4v) is 7.20. The highest BCUT2D eigenvalue weighted by atomic mass is 19.4. The summed E-state index contributed by atoms with van der Waals surface area (Å²) < 4.78 is 56.5. The number of para-hydroxylation sites is 1. The molecular weight excluding hydrogens is 553 g/mol. The van der Waals surface area contributed by atoms with E-state index in [4.69, 9.17) is 9.47 Å². The van der Waals surface area contributed by atoms with Crippen molar-refractivity contribution in [2.24, 2.45) is 16.7 Å². The van der Waals surface area contributed by atoms with E-state index in [1.165, 1.54) is 24.1 Å².